The molecule has 0 aromatic heterocycles. The van der Waals surface area contributed by atoms with Crippen LogP contribution < -0.4 is 0 Å². The van der Waals surface area contributed by atoms with Gasteiger partial charge in [-0.2, -0.15) is 0 Å². The summed E-state index contributed by atoms with van der Waals surface area (Å²) < 4.78 is 0. The predicted molar refractivity (Wildman–Crippen MR) is 120 cm³/mol. The van der Waals surface area contributed by atoms with Gasteiger partial charge in [-0.25, -0.2) is 0 Å². The highest BCUT2D eigenvalue weighted by molar-refractivity contribution is 5.66. The highest BCUT2D eigenvalue weighted by atomic mass is 16.4. The minimum atomic E-state index is -0.745. The van der Waals surface area contributed by atoms with Crippen molar-refractivity contribution < 1.29 is 20.1 Å². The number of aryl methyl sites for hydroxylation is 1. The molecule has 5 atom stereocenters. The van der Waals surface area contributed by atoms with Gasteiger partial charge < -0.3 is 15.3 Å². The Morgan fingerprint density at radius 3 is 2.30 bits per heavy atom. The first-order chi connectivity index (χ1) is 14.4. The maximum Gasteiger partial charge on any atom is 0.303 e. The summed E-state index contributed by atoms with van der Waals surface area (Å²) in [6, 6.07) is 5.96. The fourth-order valence-electron chi connectivity index (χ4n) is 6.43. The third kappa shape index (κ3) is 5.01. The molecule has 3 fully saturated rings. The number of hydrogen-bond donors (Lipinski definition) is 3. The third-order valence-electron chi connectivity index (χ3n) is 8.21. The molecule has 4 aliphatic carbocycles. The number of phenolic OH excluding ortho intramolecular Hbond substituents is 1. The second-order valence-electron chi connectivity index (χ2n) is 9.95. The number of aliphatic hydroxyl groups is 1. The van der Waals surface area contributed by atoms with Crippen LogP contribution in [-0.2, 0) is 11.2 Å². The van der Waals surface area contributed by atoms with Crippen LogP contribution in [0.1, 0.15) is 102 Å². The van der Waals surface area contributed by atoms with E-state index >= 15 is 0 Å². The van der Waals surface area contributed by atoms with Crippen LogP contribution >= 0.6 is 0 Å². The van der Waals surface area contributed by atoms with Gasteiger partial charge in [-0.15, -0.1) is 0 Å². The first-order valence-corrected chi connectivity index (χ1v) is 12.1. The van der Waals surface area contributed by atoms with E-state index in [1.807, 2.05) is 12.1 Å². The van der Waals surface area contributed by atoms with E-state index in [1.54, 1.807) is 6.92 Å². The molecule has 0 spiro atoms. The average molecular weight is 417 g/mol. The van der Waals surface area contributed by atoms with Crippen LogP contribution in [0.5, 0.6) is 5.75 Å². The summed E-state index contributed by atoms with van der Waals surface area (Å²) in [5.41, 5.74) is 2.99. The lowest BCUT2D eigenvalue weighted by atomic mass is 9.55. The second-order valence-corrected chi connectivity index (χ2v) is 9.95. The van der Waals surface area contributed by atoms with Crippen molar-refractivity contribution in [2.24, 2.45) is 17.3 Å². The lowest BCUT2D eigenvalue weighted by Gasteiger charge is -2.50. The number of fused-ring (bicyclic) bond motifs is 5. The van der Waals surface area contributed by atoms with Gasteiger partial charge in [-0.3, -0.25) is 4.79 Å². The number of carboxylic acid groups (broad SMARTS) is 1. The molecule has 0 amide bonds. The second kappa shape index (κ2) is 10.2. The molecule has 3 N–H and O–H groups in total. The molecule has 1 aromatic rings. The van der Waals surface area contributed by atoms with Crippen molar-refractivity contribution in [3.8, 4) is 5.75 Å². The Morgan fingerprint density at radius 2 is 1.70 bits per heavy atom. The number of benzene rings is 1. The van der Waals surface area contributed by atoms with Gasteiger partial charge in [0.1, 0.15) is 5.75 Å². The summed E-state index contributed by atoms with van der Waals surface area (Å²) in [4.78, 5) is 9.37. The van der Waals surface area contributed by atoms with Gasteiger partial charge in [-0.1, -0.05) is 52.0 Å². The number of carboxylic acids is 1. The lowest BCUT2D eigenvalue weighted by Crippen LogP contribution is -2.43. The minimum Gasteiger partial charge on any atom is -0.508 e. The number of aromatic hydroxyl groups is 1. The van der Waals surface area contributed by atoms with Crippen molar-refractivity contribution in [3.05, 3.63) is 29.3 Å². The van der Waals surface area contributed by atoms with Gasteiger partial charge >= 0.3 is 5.97 Å². The highest BCUT2D eigenvalue weighted by Gasteiger charge is 2.54. The van der Waals surface area contributed by atoms with Gasteiger partial charge in [0.05, 0.1) is 6.10 Å². The van der Waals surface area contributed by atoms with Crippen LogP contribution in [0, 0.1) is 17.3 Å². The normalized spacial score (nSPS) is 33.7. The fraction of sp³-hybridized carbons (Fsp3) is 0.731. The Morgan fingerprint density at radius 1 is 1.07 bits per heavy atom. The van der Waals surface area contributed by atoms with Gasteiger partial charge in [-0.05, 0) is 85.0 Å². The van der Waals surface area contributed by atoms with Crippen molar-refractivity contribution in [1.82, 2.24) is 0 Å². The van der Waals surface area contributed by atoms with Gasteiger partial charge in [0.15, 0.2) is 0 Å². The Bertz CT molecular complexity index is 703. The van der Waals surface area contributed by atoms with Crippen molar-refractivity contribution in [1.29, 1.82) is 0 Å². The number of phenols is 1. The van der Waals surface area contributed by atoms with E-state index in [2.05, 4.69) is 13.0 Å². The SMILES string of the molecule is C1CCCC1.CCC(=O)O.C[C@]12CC[C@@H]3c4ccc(O)cc4CC[C@H]3[C@@H]1CCC2O. The van der Waals surface area contributed by atoms with Crippen molar-refractivity contribution in [3.63, 3.8) is 0 Å². The molecule has 0 bridgehead atoms. The minimum absolute atomic E-state index is 0.0883. The number of aliphatic hydroxyl groups excluding tert-OH is 1. The summed E-state index contributed by atoms with van der Waals surface area (Å²) in [6.45, 7) is 3.92. The van der Waals surface area contributed by atoms with Crippen LogP contribution in [0.4, 0.5) is 0 Å². The van der Waals surface area contributed by atoms with E-state index < -0.39 is 5.97 Å². The molecular weight excluding hydrogens is 376 g/mol. The first kappa shape index (κ1) is 23.1. The Kier molecular flexibility index (Phi) is 7.84. The molecule has 4 aliphatic rings. The summed E-state index contributed by atoms with van der Waals surface area (Å²) in [5.74, 6) is 1.74. The van der Waals surface area contributed by atoms with E-state index in [1.165, 1.54) is 62.5 Å². The zero-order chi connectivity index (χ0) is 21.7. The van der Waals surface area contributed by atoms with Gasteiger partial charge in [0.2, 0.25) is 0 Å². The Hall–Kier alpha value is -1.55. The van der Waals surface area contributed by atoms with Gasteiger partial charge in [0, 0.05) is 6.42 Å². The van der Waals surface area contributed by atoms with Gasteiger partial charge in [0.25, 0.3) is 0 Å². The zero-order valence-corrected chi connectivity index (χ0v) is 18.8. The van der Waals surface area contributed by atoms with Crippen LogP contribution in [0.25, 0.3) is 0 Å². The fourth-order valence-corrected chi connectivity index (χ4v) is 6.43. The number of carbonyl (C=O) groups is 1. The van der Waals surface area contributed by atoms with Crippen molar-refractivity contribution >= 4 is 5.97 Å². The maximum absolute atomic E-state index is 10.4. The van der Waals surface area contributed by atoms with Crippen LogP contribution in [-0.4, -0.2) is 27.4 Å². The van der Waals surface area contributed by atoms with E-state index in [-0.39, 0.29) is 17.9 Å². The van der Waals surface area contributed by atoms with E-state index in [0.717, 1.165) is 25.2 Å². The molecule has 4 nitrogen and oxygen atoms in total. The summed E-state index contributed by atoms with van der Waals surface area (Å²) in [5, 5.41) is 27.8. The van der Waals surface area contributed by atoms with Crippen molar-refractivity contribution in [2.45, 2.75) is 103 Å². The third-order valence-corrected chi connectivity index (χ3v) is 8.21. The monoisotopic (exact) mass is 416 g/mol. The quantitative estimate of drug-likeness (QED) is 0.521. The highest BCUT2D eigenvalue weighted by Crippen LogP contribution is 2.60. The molecular formula is C26H40O4. The molecule has 0 radical (unpaired) electrons. The maximum atomic E-state index is 10.4. The van der Waals surface area contributed by atoms with Crippen LogP contribution in [0.15, 0.2) is 18.2 Å². The summed E-state index contributed by atoms with van der Waals surface area (Å²) in [6.07, 6.45) is 14.5. The molecule has 0 aliphatic heterocycles. The molecule has 1 aromatic carbocycles. The molecule has 4 heteroatoms. The van der Waals surface area contributed by atoms with E-state index in [0.29, 0.717) is 17.6 Å². The number of aliphatic carboxylic acids is 1. The Balaban J connectivity index is 0.000000213. The molecule has 0 saturated heterocycles. The molecule has 168 valence electrons. The first-order valence-electron chi connectivity index (χ1n) is 12.1. The van der Waals surface area contributed by atoms with E-state index in [9.17, 15) is 15.0 Å². The zero-order valence-electron chi connectivity index (χ0n) is 18.8. The number of rotatable bonds is 1. The molecule has 3 saturated carbocycles. The predicted octanol–water partition coefficient (Wildman–Crippen LogP) is 6.04. The summed E-state index contributed by atoms with van der Waals surface area (Å²) in [7, 11) is 0. The molecule has 0 heterocycles. The number of hydrogen-bond acceptors (Lipinski definition) is 3. The largest absolute Gasteiger partial charge is 0.508 e. The lowest BCUT2D eigenvalue weighted by molar-refractivity contribution is -0.136. The topological polar surface area (TPSA) is 77.8 Å². The Labute approximate surface area is 181 Å². The standard InChI is InChI=1S/C18H24O2.C5H10.C3H6O2/c1-18-9-8-14-13-5-3-12(19)10-11(13)2-4-15(14)16(18)6-7-17(18)20;1-2-4-5-3-1;1-2-3(4)5/h3,5,10,14-17,19-20H,2,4,6-9H2,1H3;1-5H2;2H2,1H3,(H,4,5)/t14-,15-,16+,17?,18+;;/m1../s1. The van der Waals surface area contributed by atoms with E-state index in [4.69, 9.17) is 5.11 Å². The van der Waals surface area contributed by atoms with Crippen molar-refractivity contribution in [2.75, 3.05) is 0 Å². The smallest absolute Gasteiger partial charge is 0.303 e. The molecule has 30 heavy (non-hydrogen) atoms. The molecule has 5 rings (SSSR count). The van der Waals surface area contributed by atoms with Crippen LogP contribution in [0.3, 0.4) is 0 Å². The molecule has 1 unspecified atom stereocenters. The van der Waals surface area contributed by atoms with Crippen LogP contribution in [0.2, 0.25) is 0 Å². The average Bonchev–Trinajstić information content (AvgIpc) is 3.41. The summed E-state index contributed by atoms with van der Waals surface area (Å²) >= 11 is 0.